The number of methoxy groups -OCH3 is 1. The van der Waals surface area contributed by atoms with Crippen LogP contribution in [0.4, 0.5) is 24.7 Å². The van der Waals surface area contributed by atoms with Crippen LogP contribution in [-0.4, -0.2) is 82.7 Å². The van der Waals surface area contributed by atoms with Gasteiger partial charge in [0.05, 0.1) is 24.6 Å². The summed E-state index contributed by atoms with van der Waals surface area (Å²) in [7, 11) is 1.33. The molecule has 1 spiro atoms. The Labute approximate surface area is 283 Å². The summed E-state index contributed by atoms with van der Waals surface area (Å²) in [6.45, 7) is 11.8. The number of aryl methyl sites for hydroxylation is 1. The largest absolute Gasteiger partial charge is 0.464 e. The van der Waals surface area contributed by atoms with Gasteiger partial charge in [0.25, 0.3) is 5.91 Å². The van der Waals surface area contributed by atoms with Crippen molar-refractivity contribution in [2.75, 3.05) is 56.2 Å². The molecule has 1 aromatic carbocycles. The van der Waals surface area contributed by atoms with Crippen molar-refractivity contribution < 1.29 is 27.5 Å². The summed E-state index contributed by atoms with van der Waals surface area (Å²) in [5.74, 6) is 0.166. The van der Waals surface area contributed by atoms with Crippen LogP contribution in [0.5, 0.6) is 0 Å². The van der Waals surface area contributed by atoms with Crippen molar-refractivity contribution in [3.05, 3.63) is 82.9 Å². The second-order valence-corrected chi connectivity index (χ2v) is 13.4. The number of amides is 1. The number of halogens is 3. The van der Waals surface area contributed by atoms with E-state index >= 15 is 0 Å². The maximum atomic E-state index is 13.7. The normalized spacial score (nSPS) is 22.2. The minimum atomic E-state index is -4.39. The molecule has 0 radical (unpaired) electrons. The van der Waals surface area contributed by atoms with Gasteiger partial charge in [0.2, 0.25) is 5.82 Å². The Morgan fingerprint density at radius 1 is 0.898 bits per heavy atom. The maximum Gasteiger partial charge on any atom is 0.416 e. The smallest absolute Gasteiger partial charge is 0.416 e. The molecule has 0 saturated carbocycles. The number of carbonyl (C=O) groups is 2. The Kier molecular flexibility index (Phi) is 9.06. The summed E-state index contributed by atoms with van der Waals surface area (Å²) >= 11 is 0. The number of nitrogens with zero attached hydrogens (tertiary/aromatic N) is 7. The number of alkyl halides is 3. The number of ether oxygens (including phenoxy) is 1. The van der Waals surface area contributed by atoms with Crippen molar-refractivity contribution in [3.63, 3.8) is 0 Å². The third-order valence-corrected chi connectivity index (χ3v) is 10.1. The van der Waals surface area contributed by atoms with E-state index in [2.05, 4.69) is 24.9 Å². The molecule has 0 unspecified atom stereocenters. The second-order valence-electron chi connectivity index (χ2n) is 13.4. The van der Waals surface area contributed by atoms with Gasteiger partial charge in [0, 0.05) is 50.1 Å². The van der Waals surface area contributed by atoms with Crippen LogP contribution in [0.15, 0.2) is 54.7 Å². The van der Waals surface area contributed by atoms with Crippen molar-refractivity contribution >= 4 is 29.0 Å². The molecule has 4 aromatic rings. The Morgan fingerprint density at radius 2 is 1.63 bits per heavy atom. The highest BCUT2D eigenvalue weighted by atomic mass is 19.4. The SMILES string of the molecule is CC.COC(=O)c1cccc(N2CC[C@@]3(CCN(C(=O)c4nc5c(C)cc(N6CC[C@](C)(c7cccc(C(F)(F)F)c7)C6)cn5n4)C3)C2)n1. The lowest BCUT2D eigenvalue weighted by molar-refractivity contribution is -0.137. The quantitative estimate of drug-likeness (QED) is 0.232. The fraction of sp³-hybridized carbons (Fsp3) is 0.472. The van der Waals surface area contributed by atoms with Gasteiger partial charge < -0.3 is 19.4 Å². The zero-order valence-corrected chi connectivity index (χ0v) is 28.5. The molecule has 260 valence electrons. The summed E-state index contributed by atoms with van der Waals surface area (Å²) in [5.41, 5.74) is 2.09. The summed E-state index contributed by atoms with van der Waals surface area (Å²) in [6.07, 6.45) is -0.0917. The molecule has 3 aliphatic rings. The van der Waals surface area contributed by atoms with Crippen LogP contribution in [-0.2, 0) is 16.3 Å². The van der Waals surface area contributed by atoms with E-state index in [1.54, 1.807) is 22.7 Å². The van der Waals surface area contributed by atoms with E-state index in [9.17, 15) is 22.8 Å². The fourth-order valence-corrected chi connectivity index (χ4v) is 7.41. The van der Waals surface area contributed by atoms with Crippen LogP contribution >= 0.6 is 0 Å². The second kappa shape index (κ2) is 13.0. The lowest BCUT2D eigenvalue weighted by Gasteiger charge is -2.27. The molecule has 0 N–H and O–H groups in total. The number of rotatable bonds is 5. The van der Waals surface area contributed by atoms with Crippen LogP contribution in [0.3, 0.4) is 0 Å². The average Bonchev–Trinajstić information content (AvgIpc) is 3.92. The predicted molar refractivity (Wildman–Crippen MR) is 180 cm³/mol. The molecule has 7 rings (SSSR count). The van der Waals surface area contributed by atoms with E-state index < -0.39 is 23.1 Å². The molecule has 13 heteroatoms. The van der Waals surface area contributed by atoms with Crippen LogP contribution in [0, 0.1) is 12.3 Å². The van der Waals surface area contributed by atoms with E-state index in [4.69, 9.17) is 4.74 Å². The number of fused-ring (bicyclic) bond motifs is 1. The summed E-state index contributed by atoms with van der Waals surface area (Å²) in [5, 5.41) is 4.59. The number of carbonyl (C=O) groups excluding carboxylic acids is 2. The molecule has 2 atom stereocenters. The first kappa shape index (κ1) is 34.2. The molecule has 6 heterocycles. The van der Waals surface area contributed by atoms with Crippen molar-refractivity contribution in [2.24, 2.45) is 5.41 Å². The number of anilines is 2. The first-order valence-corrected chi connectivity index (χ1v) is 16.8. The highest BCUT2D eigenvalue weighted by Crippen LogP contribution is 2.42. The number of likely N-dealkylation sites (tertiary alicyclic amines) is 1. The van der Waals surface area contributed by atoms with Gasteiger partial charge in [-0.15, -0.1) is 5.10 Å². The van der Waals surface area contributed by atoms with Crippen LogP contribution < -0.4 is 9.80 Å². The highest BCUT2D eigenvalue weighted by molar-refractivity contribution is 5.91. The number of esters is 1. The van der Waals surface area contributed by atoms with E-state index in [0.29, 0.717) is 43.8 Å². The maximum absolute atomic E-state index is 13.7. The number of pyridine rings is 2. The third-order valence-electron chi connectivity index (χ3n) is 10.1. The molecule has 0 bridgehead atoms. The Balaban J connectivity index is 0.00000205. The van der Waals surface area contributed by atoms with E-state index in [1.807, 2.05) is 50.9 Å². The van der Waals surface area contributed by atoms with E-state index in [-0.39, 0.29) is 22.8 Å². The lowest BCUT2D eigenvalue weighted by Crippen LogP contribution is -2.34. The van der Waals surface area contributed by atoms with Crippen molar-refractivity contribution in [1.82, 2.24) is 24.5 Å². The first-order valence-electron chi connectivity index (χ1n) is 16.8. The van der Waals surface area contributed by atoms with Crippen LogP contribution in [0.2, 0.25) is 0 Å². The molecule has 3 aromatic heterocycles. The van der Waals surface area contributed by atoms with Crippen molar-refractivity contribution in [1.29, 1.82) is 0 Å². The summed E-state index contributed by atoms with van der Waals surface area (Å²) < 4.78 is 46.7. The van der Waals surface area contributed by atoms with Gasteiger partial charge in [-0.2, -0.15) is 13.2 Å². The van der Waals surface area contributed by atoms with Gasteiger partial charge in [-0.1, -0.05) is 45.0 Å². The third kappa shape index (κ3) is 6.54. The molecule has 1 amide bonds. The highest BCUT2D eigenvalue weighted by Gasteiger charge is 2.46. The number of hydrogen-bond acceptors (Lipinski definition) is 8. The topological polar surface area (TPSA) is 96.2 Å². The van der Waals surface area contributed by atoms with E-state index in [0.717, 1.165) is 49.1 Å². The predicted octanol–water partition coefficient (Wildman–Crippen LogP) is 6.17. The van der Waals surface area contributed by atoms with Gasteiger partial charge in [-0.3, -0.25) is 4.79 Å². The van der Waals surface area contributed by atoms with E-state index in [1.165, 1.54) is 19.2 Å². The van der Waals surface area contributed by atoms with Crippen LogP contribution in [0.1, 0.15) is 77.8 Å². The number of aromatic nitrogens is 4. The van der Waals surface area contributed by atoms with Gasteiger partial charge in [0.15, 0.2) is 11.3 Å². The standard InChI is InChI=1S/C34H36F3N7O3.C2H6/c1-22-16-25(41-13-10-32(2,19-41)23-6-4-7-24(17-23)34(35,36)37)18-44-29(22)39-28(40-44)30(45)43-15-12-33(21-43)11-14-42(20-33)27-9-5-8-26(38-27)31(46)47-3;1-2/h4-9,16-18H,10-15,19-21H2,1-3H3;1-2H3/t32-,33+;/m0./s1. The zero-order chi connectivity index (χ0) is 35.1. The molecule has 49 heavy (non-hydrogen) atoms. The van der Waals surface area contributed by atoms with Gasteiger partial charge in [-0.05, 0) is 61.6 Å². The Morgan fingerprint density at radius 3 is 2.39 bits per heavy atom. The monoisotopic (exact) mass is 677 g/mol. The number of benzene rings is 1. The molecular weight excluding hydrogens is 635 g/mol. The zero-order valence-electron chi connectivity index (χ0n) is 28.5. The van der Waals surface area contributed by atoms with Gasteiger partial charge in [-0.25, -0.2) is 19.3 Å². The summed E-state index contributed by atoms with van der Waals surface area (Å²) in [4.78, 5) is 40.9. The molecule has 0 aliphatic carbocycles. The molecular formula is C36H42F3N7O3. The molecule has 3 fully saturated rings. The molecule has 3 saturated heterocycles. The van der Waals surface area contributed by atoms with Gasteiger partial charge in [0.1, 0.15) is 5.82 Å². The lowest BCUT2D eigenvalue weighted by atomic mass is 9.81. The Hall–Kier alpha value is -4.68. The molecule has 3 aliphatic heterocycles. The van der Waals surface area contributed by atoms with Crippen molar-refractivity contribution in [3.8, 4) is 0 Å². The van der Waals surface area contributed by atoms with Crippen LogP contribution in [0.25, 0.3) is 5.65 Å². The summed E-state index contributed by atoms with van der Waals surface area (Å²) in [6, 6.07) is 12.9. The first-order chi connectivity index (χ1) is 23.4. The number of hydrogen-bond donors (Lipinski definition) is 0. The average molecular weight is 678 g/mol. The minimum absolute atomic E-state index is 0.0805. The Bertz CT molecular complexity index is 1880. The van der Waals surface area contributed by atoms with Crippen molar-refractivity contribution in [2.45, 2.75) is 58.5 Å². The van der Waals surface area contributed by atoms with Gasteiger partial charge >= 0.3 is 12.1 Å². The minimum Gasteiger partial charge on any atom is -0.464 e. The fourth-order valence-electron chi connectivity index (χ4n) is 7.41. The molecule has 10 nitrogen and oxygen atoms in total.